The van der Waals surface area contributed by atoms with Crippen molar-refractivity contribution in [2.45, 2.75) is 76.4 Å². The van der Waals surface area contributed by atoms with Crippen molar-refractivity contribution in [1.82, 2.24) is 15.1 Å². The molecule has 2 fully saturated rings. The van der Waals surface area contributed by atoms with Crippen LogP contribution in [0.4, 0.5) is 22.8 Å². The molecule has 4 rings (SSSR count). The third-order valence-corrected chi connectivity index (χ3v) is 7.23. The first-order chi connectivity index (χ1) is 18.8. The molecule has 0 saturated carbocycles. The summed E-state index contributed by atoms with van der Waals surface area (Å²) < 4.78 is 50.9. The van der Waals surface area contributed by atoms with Gasteiger partial charge in [0, 0.05) is 37.8 Å². The van der Waals surface area contributed by atoms with Crippen molar-refractivity contribution < 1.29 is 32.2 Å². The van der Waals surface area contributed by atoms with Gasteiger partial charge in [0.25, 0.3) is 0 Å². The molecule has 10 heteroatoms. The van der Waals surface area contributed by atoms with Crippen molar-refractivity contribution in [3.05, 3.63) is 71.3 Å². The fourth-order valence-corrected chi connectivity index (χ4v) is 5.26. The van der Waals surface area contributed by atoms with Crippen LogP contribution in [-0.4, -0.2) is 65.3 Å². The van der Waals surface area contributed by atoms with Crippen LogP contribution in [0, 0.1) is 0 Å². The second-order valence-electron chi connectivity index (χ2n) is 11.8. The highest BCUT2D eigenvalue weighted by atomic mass is 19.4. The number of piperidine rings is 1. The molecule has 2 aromatic rings. The predicted molar refractivity (Wildman–Crippen MR) is 145 cm³/mol. The van der Waals surface area contributed by atoms with E-state index in [1.54, 1.807) is 15.9 Å². The zero-order chi connectivity index (χ0) is 29.0. The third-order valence-electron chi connectivity index (χ3n) is 7.23. The van der Waals surface area contributed by atoms with Crippen molar-refractivity contribution in [3.63, 3.8) is 0 Å². The average molecular weight is 562 g/mol. The number of nitrogens with one attached hydrogen (secondary N) is 1. The highest BCUT2D eigenvalue weighted by Gasteiger charge is 2.43. The van der Waals surface area contributed by atoms with Gasteiger partial charge in [0.1, 0.15) is 12.2 Å². The third kappa shape index (κ3) is 8.13. The summed E-state index contributed by atoms with van der Waals surface area (Å²) in [5.41, 5.74) is -0.352. The van der Waals surface area contributed by atoms with E-state index in [2.05, 4.69) is 5.32 Å². The fraction of sp³-hybridized carbons (Fsp3) is 0.533. The largest absolute Gasteiger partial charge is 0.445 e. The maximum absolute atomic E-state index is 13.3. The van der Waals surface area contributed by atoms with Crippen molar-refractivity contribution in [2.75, 3.05) is 26.2 Å². The molecule has 0 spiro atoms. The van der Waals surface area contributed by atoms with Gasteiger partial charge in [-0.05, 0) is 63.6 Å². The molecular formula is C30H38F3N3O4. The first kappa shape index (κ1) is 29.7. The minimum Gasteiger partial charge on any atom is -0.445 e. The molecule has 1 atom stereocenters. The van der Waals surface area contributed by atoms with E-state index in [4.69, 9.17) is 9.47 Å². The number of carbonyl (C=O) groups is 2. The molecule has 2 aliphatic rings. The molecule has 7 nitrogen and oxygen atoms in total. The minimum atomic E-state index is -4.41. The maximum atomic E-state index is 13.3. The number of carbonyl (C=O) groups excluding carboxylic acids is 2. The van der Waals surface area contributed by atoms with Gasteiger partial charge in [0.15, 0.2) is 0 Å². The summed E-state index contributed by atoms with van der Waals surface area (Å²) in [7, 11) is 0. The van der Waals surface area contributed by atoms with E-state index in [9.17, 15) is 22.8 Å². The van der Waals surface area contributed by atoms with E-state index in [1.165, 1.54) is 12.1 Å². The Morgan fingerprint density at radius 3 is 2.35 bits per heavy atom. The van der Waals surface area contributed by atoms with Crippen LogP contribution in [0.3, 0.4) is 0 Å². The van der Waals surface area contributed by atoms with E-state index in [1.807, 2.05) is 51.1 Å². The molecule has 1 unspecified atom stereocenters. The molecule has 0 aromatic heterocycles. The first-order valence-electron chi connectivity index (χ1n) is 13.7. The second-order valence-corrected chi connectivity index (χ2v) is 11.8. The number of halogens is 3. The lowest BCUT2D eigenvalue weighted by molar-refractivity contribution is -0.137. The van der Waals surface area contributed by atoms with Crippen molar-refractivity contribution in [2.24, 2.45) is 0 Å². The highest BCUT2D eigenvalue weighted by molar-refractivity contribution is 5.69. The normalized spacial score (nSPS) is 20.1. The number of aryl methyl sites for hydroxylation is 1. The highest BCUT2D eigenvalue weighted by Crippen LogP contribution is 2.32. The van der Waals surface area contributed by atoms with Crippen molar-refractivity contribution >= 4 is 12.2 Å². The molecule has 0 aliphatic carbocycles. The Bertz CT molecular complexity index is 1160. The van der Waals surface area contributed by atoms with Crippen LogP contribution in [0.15, 0.2) is 54.6 Å². The number of rotatable bonds is 7. The fourth-order valence-electron chi connectivity index (χ4n) is 5.26. The molecule has 0 bridgehead atoms. The van der Waals surface area contributed by atoms with Gasteiger partial charge in [-0.25, -0.2) is 9.59 Å². The summed E-state index contributed by atoms with van der Waals surface area (Å²) in [5, 5.41) is 3.67. The zero-order valence-corrected chi connectivity index (χ0v) is 23.3. The molecule has 2 amide bonds. The van der Waals surface area contributed by atoms with E-state index < -0.39 is 29.0 Å². The Hall–Kier alpha value is -3.27. The van der Waals surface area contributed by atoms with Crippen LogP contribution in [0.2, 0.25) is 0 Å². The molecule has 2 aliphatic heterocycles. The number of alkyl halides is 3. The Labute approximate surface area is 233 Å². The lowest BCUT2D eigenvalue weighted by Gasteiger charge is -2.49. The number of ether oxygens (including phenoxy) is 2. The van der Waals surface area contributed by atoms with Crippen molar-refractivity contribution in [1.29, 1.82) is 0 Å². The minimum absolute atomic E-state index is 0.0237. The molecule has 1 N–H and O–H groups in total. The van der Waals surface area contributed by atoms with E-state index in [-0.39, 0.29) is 18.7 Å². The summed E-state index contributed by atoms with van der Waals surface area (Å²) in [6, 6.07) is 14.8. The maximum Gasteiger partial charge on any atom is 0.416 e. The summed E-state index contributed by atoms with van der Waals surface area (Å²) in [4.78, 5) is 28.7. The van der Waals surface area contributed by atoms with E-state index in [0.29, 0.717) is 44.6 Å². The van der Waals surface area contributed by atoms with Gasteiger partial charge in [0.05, 0.1) is 5.56 Å². The molecule has 2 heterocycles. The van der Waals surface area contributed by atoms with E-state index >= 15 is 0 Å². The van der Waals surface area contributed by atoms with Crippen LogP contribution in [0.1, 0.15) is 56.7 Å². The SMILES string of the molecule is CC(C)(C)OC(=O)N1CCCC(CCc2cccc(C(F)(F)F)c2)(NC2CN(C(=O)OCc3ccccc3)C2)C1. The number of nitrogens with zero attached hydrogens (tertiary/aromatic N) is 2. The molecular weight excluding hydrogens is 523 g/mol. The predicted octanol–water partition coefficient (Wildman–Crippen LogP) is 6.02. The van der Waals surface area contributed by atoms with Crippen LogP contribution in [0.25, 0.3) is 0 Å². The first-order valence-corrected chi connectivity index (χ1v) is 13.7. The van der Waals surface area contributed by atoms with Crippen LogP contribution in [-0.2, 0) is 28.7 Å². The van der Waals surface area contributed by atoms with Gasteiger partial charge in [-0.15, -0.1) is 0 Å². The number of hydrogen-bond donors (Lipinski definition) is 1. The summed E-state index contributed by atoms with van der Waals surface area (Å²) in [6.45, 7) is 7.45. The Balaban J connectivity index is 1.41. The molecule has 0 radical (unpaired) electrons. The molecule has 2 saturated heterocycles. The van der Waals surface area contributed by atoms with E-state index in [0.717, 1.165) is 24.5 Å². The molecule has 2 aromatic carbocycles. The van der Waals surface area contributed by atoms with Gasteiger partial charge in [0.2, 0.25) is 0 Å². The molecule has 40 heavy (non-hydrogen) atoms. The lowest BCUT2D eigenvalue weighted by Crippen LogP contribution is -2.68. The number of benzene rings is 2. The van der Waals surface area contributed by atoms with Gasteiger partial charge >= 0.3 is 18.4 Å². The summed E-state index contributed by atoms with van der Waals surface area (Å²) in [5.74, 6) is 0. The Kier molecular flexibility index (Phi) is 8.97. The monoisotopic (exact) mass is 561 g/mol. The van der Waals surface area contributed by atoms with Crippen LogP contribution in [0.5, 0.6) is 0 Å². The summed E-state index contributed by atoms with van der Waals surface area (Å²) >= 11 is 0. The summed E-state index contributed by atoms with van der Waals surface area (Å²) in [6.07, 6.45) is -2.78. The number of likely N-dealkylation sites (tertiary alicyclic amines) is 2. The Morgan fingerprint density at radius 2 is 1.68 bits per heavy atom. The van der Waals surface area contributed by atoms with Gasteiger partial charge in [-0.3, -0.25) is 0 Å². The lowest BCUT2D eigenvalue weighted by atomic mass is 9.82. The number of hydrogen-bond acceptors (Lipinski definition) is 5. The van der Waals surface area contributed by atoms with Crippen LogP contribution < -0.4 is 5.32 Å². The van der Waals surface area contributed by atoms with Gasteiger partial charge in [-0.2, -0.15) is 13.2 Å². The van der Waals surface area contributed by atoms with Crippen molar-refractivity contribution in [3.8, 4) is 0 Å². The van der Waals surface area contributed by atoms with Gasteiger partial charge < -0.3 is 24.6 Å². The average Bonchev–Trinajstić information content (AvgIpc) is 2.87. The Morgan fingerprint density at radius 1 is 0.975 bits per heavy atom. The standard InChI is InChI=1S/C30H38F3N3O4/c1-28(2,3)40-27(38)35-16-8-14-29(21-35,15-13-22-11-7-12-24(17-22)30(31,32)33)34-25-18-36(19-25)26(37)39-20-23-9-5-4-6-10-23/h4-7,9-12,17,25,34H,8,13-16,18-21H2,1-3H3. The zero-order valence-electron chi connectivity index (χ0n) is 23.3. The smallest absolute Gasteiger partial charge is 0.416 e. The second kappa shape index (κ2) is 12.1. The topological polar surface area (TPSA) is 71.1 Å². The van der Waals surface area contributed by atoms with Crippen LogP contribution >= 0.6 is 0 Å². The number of amides is 2. The quantitative estimate of drug-likeness (QED) is 0.448. The van der Waals surface area contributed by atoms with Gasteiger partial charge in [-0.1, -0.05) is 48.5 Å². The molecule has 218 valence electrons.